The van der Waals surface area contributed by atoms with Crippen LogP contribution in [0.15, 0.2) is 60.7 Å². The van der Waals surface area contributed by atoms with E-state index >= 15 is 0 Å². The molecule has 2 rings (SSSR count). The van der Waals surface area contributed by atoms with Crippen molar-refractivity contribution >= 4 is 12.0 Å². The van der Waals surface area contributed by atoms with Gasteiger partial charge in [-0.25, -0.2) is 4.79 Å². The maximum absolute atomic E-state index is 12.4. The maximum Gasteiger partial charge on any atom is 0.408 e. The van der Waals surface area contributed by atoms with Gasteiger partial charge in [0.1, 0.15) is 12.6 Å². The number of carbonyl (C=O) groups excluding carboxylic acids is 2. The van der Waals surface area contributed by atoms with Crippen LogP contribution in [0.2, 0.25) is 0 Å². The third kappa shape index (κ3) is 6.59. The first kappa shape index (κ1) is 19.5. The number of rotatable bonds is 8. The molecule has 2 N–H and O–H groups in total. The third-order valence-corrected chi connectivity index (χ3v) is 3.99. The van der Waals surface area contributed by atoms with Crippen LogP contribution in [0.5, 0.6) is 0 Å². The summed E-state index contributed by atoms with van der Waals surface area (Å²) in [5.41, 5.74) is 2.06. The number of hydrogen-bond acceptors (Lipinski definition) is 3. The van der Waals surface area contributed by atoms with E-state index in [0.717, 1.165) is 17.5 Å². The fourth-order valence-corrected chi connectivity index (χ4v) is 2.51. The van der Waals surface area contributed by atoms with Crippen LogP contribution in [0.4, 0.5) is 4.79 Å². The van der Waals surface area contributed by atoms with E-state index in [1.807, 2.05) is 74.5 Å². The Morgan fingerprint density at radius 1 is 0.923 bits per heavy atom. The normalized spacial score (nSPS) is 11.7. The highest BCUT2D eigenvalue weighted by atomic mass is 16.5. The SMILES string of the molecule is CC(C)[C@@H](NC(=O)OCc1ccccc1)C(=O)NCCc1ccccc1. The number of carbonyl (C=O) groups is 2. The van der Waals surface area contributed by atoms with Gasteiger partial charge in [-0.3, -0.25) is 4.79 Å². The van der Waals surface area contributed by atoms with Gasteiger partial charge in [-0.05, 0) is 23.5 Å². The zero-order chi connectivity index (χ0) is 18.8. The molecule has 0 bridgehead atoms. The largest absolute Gasteiger partial charge is 0.445 e. The quantitative estimate of drug-likeness (QED) is 0.764. The van der Waals surface area contributed by atoms with Gasteiger partial charge in [0.25, 0.3) is 0 Å². The van der Waals surface area contributed by atoms with E-state index in [1.165, 1.54) is 0 Å². The summed E-state index contributed by atoms with van der Waals surface area (Å²) in [6.45, 7) is 4.47. The molecule has 26 heavy (non-hydrogen) atoms. The molecule has 0 radical (unpaired) electrons. The number of ether oxygens (including phenoxy) is 1. The fraction of sp³-hybridized carbons (Fsp3) is 0.333. The molecule has 0 aromatic heterocycles. The zero-order valence-corrected chi connectivity index (χ0v) is 15.3. The molecule has 0 saturated carbocycles. The van der Waals surface area contributed by atoms with Crippen molar-refractivity contribution in [3.05, 3.63) is 71.8 Å². The van der Waals surface area contributed by atoms with Gasteiger partial charge >= 0.3 is 6.09 Å². The van der Waals surface area contributed by atoms with Crippen molar-refractivity contribution in [1.82, 2.24) is 10.6 Å². The monoisotopic (exact) mass is 354 g/mol. The van der Waals surface area contributed by atoms with Crippen molar-refractivity contribution in [2.24, 2.45) is 5.92 Å². The first-order chi connectivity index (χ1) is 12.6. The lowest BCUT2D eigenvalue weighted by atomic mass is 10.0. The molecule has 0 aliphatic heterocycles. The second-order valence-corrected chi connectivity index (χ2v) is 6.45. The molecule has 2 aromatic carbocycles. The van der Waals surface area contributed by atoms with E-state index in [2.05, 4.69) is 10.6 Å². The molecule has 2 amide bonds. The summed E-state index contributed by atoms with van der Waals surface area (Å²) >= 11 is 0. The number of alkyl carbamates (subject to hydrolysis) is 1. The molecule has 0 saturated heterocycles. The second-order valence-electron chi connectivity index (χ2n) is 6.45. The average Bonchev–Trinajstić information content (AvgIpc) is 2.65. The predicted octanol–water partition coefficient (Wildman–Crippen LogP) is 3.30. The average molecular weight is 354 g/mol. The summed E-state index contributed by atoms with van der Waals surface area (Å²) in [4.78, 5) is 24.4. The van der Waals surface area contributed by atoms with Crippen molar-refractivity contribution in [3.63, 3.8) is 0 Å². The Morgan fingerprint density at radius 3 is 2.08 bits per heavy atom. The summed E-state index contributed by atoms with van der Waals surface area (Å²) < 4.78 is 5.20. The van der Waals surface area contributed by atoms with Gasteiger partial charge in [0, 0.05) is 6.54 Å². The molecule has 138 valence electrons. The van der Waals surface area contributed by atoms with Crippen LogP contribution < -0.4 is 10.6 Å². The van der Waals surface area contributed by atoms with Crippen molar-refractivity contribution in [2.45, 2.75) is 32.9 Å². The van der Waals surface area contributed by atoms with Crippen LogP contribution in [0, 0.1) is 5.92 Å². The van der Waals surface area contributed by atoms with Crippen molar-refractivity contribution in [2.75, 3.05) is 6.54 Å². The predicted molar refractivity (Wildman–Crippen MR) is 102 cm³/mol. The topological polar surface area (TPSA) is 67.4 Å². The Hall–Kier alpha value is -2.82. The van der Waals surface area contributed by atoms with Gasteiger partial charge in [-0.1, -0.05) is 74.5 Å². The van der Waals surface area contributed by atoms with Crippen LogP contribution in [0.1, 0.15) is 25.0 Å². The van der Waals surface area contributed by atoms with Crippen molar-refractivity contribution in [1.29, 1.82) is 0 Å². The summed E-state index contributed by atoms with van der Waals surface area (Å²) in [5, 5.41) is 5.54. The molecule has 0 unspecified atom stereocenters. The minimum atomic E-state index is -0.631. The molecule has 5 nitrogen and oxygen atoms in total. The third-order valence-electron chi connectivity index (χ3n) is 3.99. The maximum atomic E-state index is 12.4. The smallest absolute Gasteiger partial charge is 0.408 e. The van der Waals surface area contributed by atoms with Gasteiger partial charge in [-0.15, -0.1) is 0 Å². The molecule has 2 aromatic rings. The van der Waals surface area contributed by atoms with E-state index in [0.29, 0.717) is 6.54 Å². The molecular formula is C21H26N2O3. The highest BCUT2D eigenvalue weighted by Crippen LogP contribution is 2.05. The van der Waals surface area contributed by atoms with Crippen molar-refractivity contribution in [3.8, 4) is 0 Å². The Morgan fingerprint density at radius 2 is 1.50 bits per heavy atom. The van der Waals surface area contributed by atoms with E-state index in [1.54, 1.807) is 0 Å². The molecular weight excluding hydrogens is 328 g/mol. The number of hydrogen-bond donors (Lipinski definition) is 2. The number of amides is 2. The fourth-order valence-electron chi connectivity index (χ4n) is 2.51. The van der Waals surface area contributed by atoms with Gasteiger partial charge in [0.05, 0.1) is 0 Å². The van der Waals surface area contributed by atoms with Crippen molar-refractivity contribution < 1.29 is 14.3 Å². The molecule has 5 heteroatoms. The summed E-state index contributed by atoms with van der Waals surface area (Å²) in [5.74, 6) is -0.247. The molecule has 0 fully saturated rings. The summed E-state index contributed by atoms with van der Waals surface area (Å²) in [6.07, 6.45) is 0.154. The first-order valence-electron chi connectivity index (χ1n) is 8.85. The lowest BCUT2D eigenvalue weighted by Gasteiger charge is -2.21. The molecule has 0 aliphatic rings. The Bertz CT molecular complexity index is 687. The highest BCUT2D eigenvalue weighted by Gasteiger charge is 2.24. The number of nitrogens with one attached hydrogen (secondary N) is 2. The first-order valence-corrected chi connectivity index (χ1v) is 8.85. The summed E-state index contributed by atoms with van der Waals surface area (Å²) in [7, 11) is 0. The van der Waals surface area contributed by atoms with Crippen LogP contribution in [0.25, 0.3) is 0 Å². The number of benzene rings is 2. The van der Waals surface area contributed by atoms with Crippen LogP contribution >= 0.6 is 0 Å². The van der Waals surface area contributed by atoms with E-state index in [4.69, 9.17) is 4.74 Å². The minimum absolute atomic E-state index is 0.0454. The lowest BCUT2D eigenvalue weighted by molar-refractivity contribution is -0.124. The van der Waals surface area contributed by atoms with E-state index in [9.17, 15) is 9.59 Å². The Labute approximate surface area is 154 Å². The van der Waals surface area contributed by atoms with Crippen LogP contribution in [0.3, 0.4) is 0 Å². The van der Waals surface area contributed by atoms with Crippen LogP contribution in [-0.2, 0) is 22.6 Å². The zero-order valence-electron chi connectivity index (χ0n) is 15.3. The summed E-state index contributed by atoms with van der Waals surface area (Å²) in [6, 6.07) is 18.7. The lowest BCUT2D eigenvalue weighted by Crippen LogP contribution is -2.50. The highest BCUT2D eigenvalue weighted by molar-refractivity contribution is 5.85. The van der Waals surface area contributed by atoms with Gasteiger partial charge in [0.2, 0.25) is 5.91 Å². The molecule has 0 spiro atoms. The van der Waals surface area contributed by atoms with Gasteiger partial charge in [-0.2, -0.15) is 0 Å². The standard InChI is InChI=1S/C21H26N2O3/c1-16(2)19(20(24)22-14-13-17-9-5-3-6-10-17)23-21(25)26-15-18-11-7-4-8-12-18/h3-12,16,19H,13-15H2,1-2H3,(H,22,24)(H,23,25)/t19-/m1/s1. The molecule has 0 heterocycles. The van der Waals surface area contributed by atoms with Crippen LogP contribution in [-0.4, -0.2) is 24.6 Å². The molecule has 1 atom stereocenters. The Kier molecular flexibility index (Phi) is 7.68. The minimum Gasteiger partial charge on any atom is -0.445 e. The Balaban J connectivity index is 1.79. The van der Waals surface area contributed by atoms with Gasteiger partial charge in [0.15, 0.2) is 0 Å². The molecule has 0 aliphatic carbocycles. The van der Waals surface area contributed by atoms with E-state index < -0.39 is 12.1 Å². The van der Waals surface area contributed by atoms with E-state index in [-0.39, 0.29) is 18.4 Å². The second kappa shape index (κ2) is 10.2. The van der Waals surface area contributed by atoms with Gasteiger partial charge < -0.3 is 15.4 Å².